The van der Waals surface area contributed by atoms with Crippen LogP contribution in [0.4, 0.5) is 11.4 Å². The van der Waals surface area contributed by atoms with Crippen molar-refractivity contribution in [2.24, 2.45) is 0 Å². The number of carbonyl (C=O) groups is 1. The third-order valence-electron chi connectivity index (χ3n) is 4.34. The molecule has 1 amide bonds. The molecule has 1 N–H and O–H groups in total. The van der Waals surface area contributed by atoms with Gasteiger partial charge in [0.25, 0.3) is 11.2 Å². The summed E-state index contributed by atoms with van der Waals surface area (Å²) in [6, 6.07) is 11.2. The summed E-state index contributed by atoms with van der Waals surface area (Å²) < 4.78 is 2.35. The van der Waals surface area contributed by atoms with Crippen LogP contribution in [0.5, 0.6) is 0 Å². The Bertz CT molecular complexity index is 1180. The number of thioether (sulfide) groups is 1. The Kier molecular flexibility index (Phi) is 6.88. The molecule has 3 aromatic rings. The van der Waals surface area contributed by atoms with E-state index in [-0.39, 0.29) is 16.9 Å². The Hall–Kier alpha value is -2.72. The molecule has 0 fully saturated rings. The van der Waals surface area contributed by atoms with Gasteiger partial charge in [0.1, 0.15) is 5.69 Å². The molecule has 8 nitrogen and oxygen atoms in total. The average Bonchev–Trinajstić information content (AvgIpc) is 2.71. The predicted molar refractivity (Wildman–Crippen MR) is 121 cm³/mol. The molecular formula is C20H19BrN4O4S. The van der Waals surface area contributed by atoms with E-state index in [1.807, 2.05) is 6.92 Å². The number of anilines is 1. The first-order chi connectivity index (χ1) is 14.3. The van der Waals surface area contributed by atoms with Gasteiger partial charge in [0.2, 0.25) is 5.91 Å². The SMILES string of the molecule is CCCn1c(SC(C)C(=O)Nc2ccccc2[N+](=O)[O-])nc2ccc(Br)cc2c1=O. The molecule has 0 saturated heterocycles. The fourth-order valence-electron chi connectivity index (χ4n) is 2.87. The summed E-state index contributed by atoms with van der Waals surface area (Å²) >= 11 is 4.52. The second-order valence-electron chi connectivity index (χ2n) is 6.54. The molecule has 0 bridgehead atoms. The zero-order chi connectivity index (χ0) is 21.8. The van der Waals surface area contributed by atoms with E-state index in [4.69, 9.17) is 0 Å². The molecule has 1 heterocycles. The molecule has 10 heteroatoms. The third kappa shape index (κ3) is 4.71. The highest BCUT2D eigenvalue weighted by molar-refractivity contribution is 9.10. The van der Waals surface area contributed by atoms with Gasteiger partial charge in [0, 0.05) is 17.1 Å². The number of fused-ring (bicyclic) bond motifs is 1. The van der Waals surface area contributed by atoms with Crippen molar-refractivity contribution in [3.63, 3.8) is 0 Å². The van der Waals surface area contributed by atoms with Crippen molar-refractivity contribution in [3.8, 4) is 0 Å². The largest absolute Gasteiger partial charge is 0.319 e. The van der Waals surface area contributed by atoms with Crippen LogP contribution < -0.4 is 10.9 Å². The van der Waals surface area contributed by atoms with E-state index in [2.05, 4.69) is 26.2 Å². The zero-order valence-electron chi connectivity index (χ0n) is 16.3. The van der Waals surface area contributed by atoms with E-state index in [1.165, 1.54) is 18.2 Å². The summed E-state index contributed by atoms with van der Waals surface area (Å²) in [5.41, 5.74) is 0.323. The van der Waals surface area contributed by atoms with E-state index in [1.54, 1.807) is 35.8 Å². The van der Waals surface area contributed by atoms with E-state index < -0.39 is 16.1 Å². The number of nitro groups is 1. The van der Waals surface area contributed by atoms with Gasteiger partial charge in [-0.1, -0.05) is 46.7 Å². The third-order valence-corrected chi connectivity index (χ3v) is 5.92. The maximum atomic E-state index is 13.0. The van der Waals surface area contributed by atoms with Crippen LogP contribution >= 0.6 is 27.7 Å². The number of nitro benzene ring substituents is 1. The second kappa shape index (κ2) is 9.40. The van der Waals surface area contributed by atoms with Crippen LogP contribution in [0, 0.1) is 10.1 Å². The molecule has 30 heavy (non-hydrogen) atoms. The molecular weight excluding hydrogens is 472 g/mol. The van der Waals surface area contributed by atoms with Crippen LogP contribution in [0.1, 0.15) is 20.3 Å². The first-order valence-corrected chi connectivity index (χ1v) is 10.9. The summed E-state index contributed by atoms with van der Waals surface area (Å²) in [6.45, 7) is 4.09. The van der Waals surface area contributed by atoms with Gasteiger partial charge in [-0.2, -0.15) is 0 Å². The predicted octanol–water partition coefficient (Wildman–Crippen LogP) is 4.60. The van der Waals surface area contributed by atoms with Crippen molar-refractivity contribution in [2.45, 2.75) is 37.2 Å². The van der Waals surface area contributed by atoms with Gasteiger partial charge >= 0.3 is 0 Å². The number of nitrogens with zero attached hydrogens (tertiary/aromatic N) is 3. The van der Waals surface area contributed by atoms with Gasteiger partial charge in [0.15, 0.2) is 5.16 Å². The molecule has 0 aliphatic heterocycles. The van der Waals surface area contributed by atoms with Crippen molar-refractivity contribution in [1.29, 1.82) is 0 Å². The molecule has 156 valence electrons. The highest BCUT2D eigenvalue weighted by atomic mass is 79.9. The monoisotopic (exact) mass is 490 g/mol. The molecule has 0 aliphatic rings. The van der Waals surface area contributed by atoms with E-state index in [0.717, 1.165) is 22.7 Å². The smallest absolute Gasteiger partial charge is 0.292 e. The number of carbonyl (C=O) groups excluding carboxylic acids is 1. The Morgan fingerprint density at radius 2 is 2.07 bits per heavy atom. The van der Waals surface area contributed by atoms with Crippen LogP contribution in [0.2, 0.25) is 0 Å². The summed E-state index contributed by atoms with van der Waals surface area (Å²) in [5.74, 6) is -0.414. The first kappa shape index (κ1) is 22.0. The van der Waals surface area contributed by atoms with Gasteiger partial charge in [-0.3, -0.25) is 24.3 Å². The first-order valence-electron chi connectivity index (χ1n) is 9.22. The quantitative estimate of drug-likeness (QED) is 0.224. The lowest BCUT2D eigenvalue weighted by Crippen LogP contribution is -2.27. The van der Waals surface area contributed by atoms with Crippen LogP contribution in [0.3, 0.4) is 0 Å². The van der Waals surface area contributed by atoms with Crippen molar-refractivity contribution in [2.75, 3.05) is 5.32 Å². The van der Waals surface area contributed by atoms with Gasteiger partial charge in [-0.25, -0.2) is 4.98 Å². The van der Waals surface area contributed by atoms with Gasteiger partial charge in [-0.05, 0) is 37.6 Å². The fraction of sp³-hybridized carbons (Fsp3) is 0.250. The lowest BCUT2D eigenvalue weighted by atomic mass is 10.2. The summed E-state index contributed by atoms with van der Waals surface area (Å²) in [6.07, 6.45) is 0.728. The van der Waals surface area contributed by atoms with E-state index >= 15 is 0 Å². The number of hydrogen-bond donors (Lipinski definition) is 1. The molecule has 0 saturated carbocycles. The molecule has 1 unspecified atom stereocenters. The van der Waals surface area contributed by atoms with Gasteiger partial charge < -0.3 is 5.32 Å². The Labute approximate surface area is 185 Å². The number of rotatable bonds is 7. The normalized spacial score (nSPS) is 12.0. The van der Waals surface area contributed by atoms with Crippen LogP contribution in [-0.2, 0) is 11.3 Å². The fourth-order valence-corrected chi connectivity index (χ4v) is 4.16. The minimum Gasteiger partial charge on any atom is -0.319 e. The van der Waals surface area contributed by atoms with Crippen molar-refractivity contribution in [3.05, 3.63) is 67.4 Å². The Morgan fingerprint density at radius 1 is 1.33 bits per heavy atom. The maximum absolute atomic E-state index is 13.0. The number of amides is 1. The van der Waals surface area contributed by atoms with Crippen LogP contribution in [0.15, 0.2) is 56.9 Å². The number of benzene rings is 2. The summed E-state index contributed by atoms with van der Waals surface area (Å²) in [7, 11) is 0. The number of para-hydroxylation sites is 2. The highest BCUT2D eigenvalue weighted by Gasteiger charge is 2.22. The molecule has 0 radical (unpaired) electrons. The number of nitrogens with one attached hydrogen (secondary N) is 1. The van der Waals surface area contributed by atoms with Crippen molar-refractivity contribution in [1.82, 2.24) is 9.55 Å². The van der Waals surface area contributed by atoms with E-state index in [0.29, 0.717) is 22.6 Å². The lowest BCUT2D eigenvalue weighted by molar-refractivity contribution is -0.383. The van der Waals surface area contributed by atoms with Crippen molar-refractivity contribution < 1.29 is 9.72 Å². The Balaban J connectivity index is 1.90. The maximum Gasteiger partial charge on any atom is 0.292 e. The number of halogens is 1. The minimum absolute atomic E-state index is 0.127. The van der Waals surface area contributed by atoms with Crippen molar-refractivity contribution >= 4 is 55.9 Å². The minimum atomic E-state index is -0.632. The molecule has 3 rings (SSSR count). The molecule has 2 aromatic carbocycles. The lowest BCUT2D eigenvalue weighted by Gasteiger charge is -2.16. The van der Waals surface area contributed by atoms with Gasteiger partial charge in [0.05, 0.1) is 21.1 Å². The average molecular weight is 491 g/mol. The molecule has 0 spiro atoms. The van der Waals surface area contributed by atoms with Crippen LogP contribution in [-0.4, -0.2) is 25.6 Å². The second-order valence-corrected chi connectivity index (χ2v) is 8.76. The van der Waals surface area contributed by atoms with E-state index in [9.17, 15) is 19.7 Å². The summed E-state index contributed by atoms with van der Waals surface area (Å²) in [4.78, 5) is 40.9. The molecule has 1 aromatic heterocycles. The standard InChI is InChI=1S/C20H19BrN4O4S/c1-3-10-24-19(27)14-11-13(21)8-9-15(14)23-20(24)30-12(2)18(26)22-16-6-4-5-7-17(16)25(28)29/h4-9,11-12H,3,10H2,1-2H3,(H,22,26). The highest BCUT2D eigenvalue weighted by Crippen LogP contribution is 2.27. The van der Waals surface area contributed by atoms with Crippen LogP contribution in [0.25, 0.3) is 10.9 Å². The molecule has 0 aliphatic carbocycles. The Morgan fingerprint density at radius 3 is 2.77 bits per heavy atom. The summed E-state index contributed by atoms with van der Waals surface area (Å²) in [5, 5.41) is 14.1. The topological polar surface area (TPSA) is 107 Å². The zero-order valence-corrected chi connectivity index (χ0v) is 18.7. The van der Waals surface area contributed by atoms with Gasteiger partial charge in [-0.15, -0.1) is 0 Å². The molecule has 1 atom stereocenters. The number of hydrogen-bond acceptors (Lipinski definition) is 6. The number of aromatic nitrogens is 2.